The van der Waals surface area contributed by atoms with Gasteiger partial charge in [0.25, 0.3) is 11.8 Å². The number of esters is 2. The van der Waals surface area contributed by atoms with E-state index in [0.29, 0.717) is 47.8 Å². The molecule has 4 aliphatic rings. The summed E-state index contributed by atoms with van der Waals surface area (Å²) in [4.78, 5) is 168. The monoisotopic (exact) mass is 1160 g/mol. The number of hydrogen-bond acceptors (Lipinski definition) is 16. The number of cyclic esters (lactones) is 2. The second-order valence-electron chi connectivity index (χ2n) is 21.7. The van der Waals surface area contributed by atoms with Gasteiger partial charge in [0.2, 0.25) is 35.4 Å². The third kappa shape index (κ3) is 15.0. The van der Waals surface area contributed by atoms with E-state index < -0.39 is 133 Å². The lowest BCUT2D eigenvalue weighted by Crippen LogP contribution is -2.60. The first-order valence-corrected chi connectivity index (χ1v) is 29.0. The molecule has 0 spiro atoms. The molecule has 8 atom stereocenters. The van der Waals surface area contributed by atoms with Gasteiger partial charge in [-0.1, -0.05) is 88.8 Å². The molecule has 8 rings (SSSR count). The van der Waals surface area contributed by atoms with Gasteiger partial charge in [0.1, 0.15) is 72.9 Å². The SMILES string of the molecule is CC.CC1NC(=O)C(NC(=O)c2cnc3ccccc3n2)COC(=O)C(C2CCCCC2)N(C)C(=O)[C@@H]2C/C=C\C[C@@H](C(=O)N(C)C(C3CCCCC3)C(=O)OCC(NC(=O)c3cnc4ccccc4n3)C(=O)NC(C)C(=O)N2C)N(C)C1=O. The van der Waals surface area contributed by atoms with Crippen molar-refractivity contribution in [1.29, 1.82) is 0 Å². The topological polar surface area (TPSA) is 302 Å². The Hall–Kier alpha value is -8.44. The van der Waals surface area contributed by atoms with Crippen LogP contribution in [0.25, 0.3) is 22.1 Å². The summed E-state index contributed by atoms with van der Waals surface area (Å²) in [5.41, 5.74) is 1.47. The van der Waals surface area contributed by atoms with E-state index in [-0.39, 0.29) is 24.2 Å². The predicted molar refractivity (Wildman–Crippen MR) is 308 cm³/mol. The van der Waals surface area contributed by atoms with Gasteiger partial charge in [-0.25, -0.2) is 19.6 Å². The van der Waals surface area contributed by atoms with Crippen LogP contribution in [0.15, 0.2) is 73.1 Å². The minimum atomic E-state index is -1.64. The van der Waals surface area contributed by atoms with Gasteiger partial charge in [0, 0.05) is 28.2 Å². The molecule has 0 saturated heterocycles. The quantitative estimate of drug-likeness (QED) is 0.159. The highest BCUT2D eigenvalue weighted by Crippen LogP contribution is 2.32. The van der Waals surface area contributed by atoms with Crippen molar-refractivity contribution in [3.05, 3.63) is 84.5 Å². The molecule has 4 aromatic rings. The van der Waals surface area contributed by atoms with Crippen LogP contribution in [0, 0.1) is 11.8 Å². The zero-order chi connectivity index (χ0) is 60.8. The number of nitrogens with one attached hydrogen (secondary N) is 4. The number of amides is 8. The van der Waals surface area contributed by atoms with E-state index in [2.05, 4.69) is 41.2 Å². The molecule has 2 aliphatic carbocycles. The summed E-state index contributed by atoms with van der Waals surface area (Å²) < 4.78 is 11.9. The minimum Gasteiger partial charge on any atom is -0.461 e. The van der Waals surface area contributed by atoms with Crippen molar-refractivity contribution in [3.63, 3.8) is 0 Å². The van der Waals surface area contributed by atoms with Crippen molar-refractivity contribution < 1.29 is 57.4 Å². The molecule has 2 fully saturated rings. The Kier molecular flexibility index (Phi) is 21.9. The van der Waals surface area contributed by atoms with Gasteiger partial charge in [-0.15, -0.1) is 0 Å². The molecule has 8 amide bonds. The predicted octanol–water partition coefficient (Wildman–Crippen LogP) is 3.42. The van der Waals surface area contributed by atoms with Gasteiger partial charge in [0.15, 0.2) is 0 Å². The van der Waals surface area contributed by atoms with Crippen molar-refractivity contribution in [2.75, 3.05) is 41.4 Å². The largest absolute Gasteiger partial charge is 0.461 e. The molecule has 2 aromatic heterocycles. The molecule has 24 nitrogen and oxygen atoms in total. The number of aromatic nitrogens is 4. The molecule has 6 unspecified atom stereocenters. The van der Waals surface area contributed by atoms with Gasteiger partial charge in [0.05, 0.1) is 34.5 Å². The van der Waals surface area contributed by atoms with Gasteiger partial charge in [-0.3, -0.25) is 48.3 Å². The number of carbonyl (C=O) groups is 10. The summed E-state index contributed by atoms with van der Waals surface area (Å²) in [5.74, 6) is -9.15. The van der Waals surface area contributed by atoms with Crippen LogP contribution in [-0.2, 0) is 47.8 Å². The Morgan fingerprint density at radius 1 is 0.500 bits per heavy atom. The number of likely N-dealkylation sites (N-methyl/N-ethyl adjacent to an activating group) is 4. The lowest BCUT2D eigenvalue weighted by molar-refractivity contribution is -0.161. The number of nitrogens with zero attached hydrogens (tertiary/aromatic N) is 8. The van der Waals surface area contributed by atoms with Crippen LogP contribution in [0.3, 0.4) is 0 Å². The number of ether oxygens (including phenoxy) is 2. The zero-order valence-corrected chi connectivity index (χ0v) is 49.1. The molecule has 2 aromatic carbocycles. The molecular formula is C60H78N12O12. The van der Waals surface area contributed by atoms with Crippen LogP contribution in [0.2, 0.25) is 0 Å². The fraction of sp³-hybridized carbons (Fsp3) is 0.533. The average molecular weight is 1160 g/mol. The first kappa shape index (κ1) is 63.1. The highest BCUT2D eigenvalue weighted by atomic mass is 16.5. The highest BCUT2D eigenvalue weighted by Gasteiger charge is 2.44. The fourth-order valence-electron chi connectivity index (χ4n) is 11.4. The molecule has 2 saturated carbocycles. The first-order valence-electron chi connectivity index (χ1n) is 29.0. The average Bonchev–Trinajstić information content (AvgIpc) is 3.71. The Morgan fingerprint density at radius 3 is 1.20 bits per heavy atom. The zero-order valence-electron chi connectivity index (χ0n) is 49.1. The molecule has 0 radical (unpaired) electrons. The van der Waals surface area contributed by atoms with Gasteiger partial charge in [-0.05, 0) is 88.5 Å². The molecule has 24 heteroatoms. The number of para-hydroxylation sites is 4. The maximum Gasteiger partial charge on any atom is 0.329 e. The number of rotatable bonds is 6. The molecule has 4 heterocycles. The lowest BCUT2D eigenvalue weighted by atomic mass is 9.83. The standard InChI is InChI=1S/C58H72N12O12.C2H6/c1-33-53(75)67(3)45-27-17-18-28-46(56(78)70(6)48(36-21-11-8-12-22-36)57(79)81-31-43(51(73)61-33)65-49(71)41-29-59-37-23-13-15-25-39(37)63-41)68(4)54(76)34(2)62-52(74)44(66-50(72)42-30-60-38-24-14-16-26-40(38)64-42)32-82-58(80)47(69(5)55(45)77)35-19-9-7-10-20-35;1-2/h13-18,23-26,29-30,33-36,43-48H,7-12,19-22,27-28,31-32H2,1-6H3,(H,61,73)(H,62,74)(H,65,71)(H,66,72);1-2H3/b18-17-;/t33?,34?,43?,44?,45-,46-,47?,48?;/m0./s1. The second-order valence-corrected chi connectivity index (χ2v) is 21.7. The number of benzene rings is 2. The van der Waals surface area contributed by atoms with Crippen LogP contribution in [0.1, 0.15) is 126 Å². The summed E-state index contributed by atoms with van der Waals surface area (Å²) in [6.45, 7) is 5.25. The Labute approximate surface area is 488 Å². The van der Waals surface area contributed by atoms with Crippen LogP contribution < -0.4 is 21.3 Å². The van der Waals surface area contributed by atoms with Gasteiger partial charge >= 0.3 is 11.9 Å². The second kappa shape index (κ2) is 29.2. The van der Waals surface area contributed by atoms with Gasteiger partial charge < -0.3 is 50.3 Å². The highest BCUT2D eigenvalue weighted by molar-refractivity contribution is 6.01. The lowest BCUT2D eigenvalue weighted by Gasteiger charge is -2.39. The van der Waals surface area contributed by atoms with Crippen molar-refractivity contribution in [3.8, 4) is 0 Å². The van der Waals surface area contributed by atoms with E-state index in [4.69, 9.17) is 9.47 Å². The van der Waals surface area contributed by atoms with E-state index in [1.54, 1.807) is 60.7 Å². The normalized spacial score (nSPS) is 26.0. The molecule has 84 heavy (non-hydrogen) atoms. The molecular weight excluding hydrogens is 1080 g/mol. The molecule has 2 bridgehead atoms. The van der Waals surface area contributed by atoms with Crippen molar-refractivity contribution in [1.82, 2.24) is 60.8 Å². The first-order chi connectivity index (χ1) is 40.3. The molecule has 2 aliphatic heterocycles. The summed E-state index contributed by atoms with van der Waals surface area (Å²) in [6, 6.07) is 2.42. The number of carbonyl (C=O) groups excluding carboxylic acids is 10. The molecule has 450 valence electrons. The van der Waals surface area contributed by atoms with Crippen molar-refractivity contribution in [2.45, 2.75) is 153 Å². The van der Waals surface area contributed by atoms with Crippen LogP contribution in [0.4, 0.5) is 0 Å². The van der Waals surface area contributed by atoms with Gasteiger partial charge in [-0.2, -0.15) is 0 Å². The van der Waals surface area contributed by atoms with Crippen LogP contribution in [-0.4, -0.2) is 188 Å². The van der Waals surface area contributed by atoms with E-state index in [1.807, 2.05) is 13.8 Å². The summed E-state index contributed by atoms with van der Waals surface area (Å²) in [6.07, 6.45) is 12.1. The van der Waals surface area contributed by atoms with E-state index >= 15 is 9.59 Å². The Morgan fingerprint density at radius 2 is 0.845 bits per heavy atom. The fourth-order valence-corrected chi connectivity index (χ4v) is 11.4. The van der Waals surface area contributed by atoms with Crippen LogP contribution in [0.5, 0.6) is 0 Å². The van der Waals surface area contributed by atoms with E-state index in [0.717, 1.165) is 48.3 Å². The third-order valence-corrected chi connectivity index (χ3v) is 16.1. The maximum absolute atomic E-state index is 15.2. The van der Waals surface area contributed by atoms with Crippen LogP contribution >= 0.6 is 0 Å². The van der Waals surface area contributed by atoms with Crippen molar-refractivity contribution in [2.24, 2.45) is 11.8 Å². The number of fused-ring (bicyclic) bond motifs is 6. The summed E-state index contributed by atoms with van der Waals surface area (Å²) >= 11 is 0. The number of hydrogen-bond donors (Lipinski definition) is 4. The van der Waals surface area contributed by atoms with E-state index in [1.165, 1.54) is 64.2 Å². The minimum absolute atomic E-state index is 0.163. The third-order valence-electron chi connectivity index (χ3n) is 16.1. The summed E-state index contributed by atoms with van der Waals surface area (Å²) in [5, 5.41) is 10.4. The summed E-state index contributed by atoms with van der Waals surface area (Å²) in [7, 11) is 5.57. The Bertz CT molecular complexity index is 2910. The Balaban J connectivity index is 0.00000501. The smallest absolute Gasteiger partial charge is 0.329 e. The molecule has 4 N–H and O–H groups in total. The van der Waals surface area contributed by atoms with E-state index in [9.17, 15) is 38.4 Å². The van der Waals surface area contributed by atoms with Crippen molar-refractivity contribution >= 4 is 81.3 Å². The maximum atomic E-state index is 15.2.